The topological polar surface area (TPSA) is 61.0 Å². The van der Waals surface area contributed by atoms with Crippen molar-refractivity contribution >= 4 is 146 Å². The van der Waals surface area contributed by atoms with E-state index < -0.39 is 60.4 Å². The molecule has 0 amide bonds. The first-order valence-electron chi connectivity index (χ1n) is 31.6. The highest BCUT2D eigenvalue weighted by molar-refractivity contribution is 7.26. The fourth-order valence-electron chi connectivity index (χ4n) is 13.2. The molecular formula is C74H40N6OS. The van der Waals surface area contributed by atoms with Crippen LogP contribution in [-0.4, -0.2) is 18.3 Å². The van der Waals surface area contributed by atoms with Gasteiger partial charge in [-0.2, -0.15) is 5.26 Å². The van der Waals surface area contributed by atoms with E-state index >= 15 is 0 Å². The summed E-state index contributed by atoms with van der Waals surface area (Å²) in [5, 5.41) is 19.2. The summed E-state index contributed by atoms with van der Waals surface area (Å²) in [6.07, 6.45) is 0. The van der Waals surface area contributed by atoms with Gasteiger partial charge in [0.1, 0.15) is 11.7 Å². The van der Waals surface area contributed by atoms with Crippen LogP contribution in [-0.2, 0) is 0 Å². The lowest BCUT2D eigenvalue weighted by molar-refractivity contribution is 0.671. The minimum Gasteiger partial charge on any atom is -0.454 e. The van der Waals surface area contributed by atoms with E-state index in [-0.39, 0.29) is 77.7 Å². The number of nitriles is 1. The monoisotopic (exact) mass is 1070 g/mol. The quantitative estimate of drug-likeness (QED) is 0.161. The van der Waals surface area contributed by atoms with Gasteiger partial charge in [0.05, 0.1) is 97.4 Å². The van der Waals surface area contributed by atoms with Gasteiger partial charge in [-0.05, 0) is 71.7 Å². The molecule has 0 radical (unpaired) electrons. The molecule has 0 aliphatic rings. The molecule has 0 N–H and O–H groups in total. The Labute approximate surface area is 485 Å². The van der Waals surface area contributed by atoms with Gasteiger partial charge in [0, 0.05) is 69.3 Å². The Bertz CT molecular complexity index is 6300. The van der Waals surface area contributed by atoms with Gasteiger partial charge in [-0.1, -0.05) is 182 Å². The van der Waals surface area contributed by atoms with E-state index in [4.69, 9.17) is 12.0 Å². The summed E-state index contributed by atoms with van der Waals surface area (Å²) in [5.41, 5.74) is 5.47. The minimum absolute atomic E-state index is 0.0226. The molecule has 0 saturated heterocycles. The summed E-state index contributed by atoms with van der Waals surface area (Å²) in [7, 11) is 0. The van der Waals surface area contributed by atoms with Crippen LogP contribution in [0.1, 0.15) is 19.3 Å². The molecule has 6 aromatic heterocycles. The molecule has 18 rings (SSSR count). The van der Waals surface area contributed by atoms with Crippen molar-refractivity contribution in [2.24, 2.45) is 0 Å². The van der Waals surface area contributed by atoms with E-state index in [0.29, 0.717) is 27.6 Å². The van der Waals surface area contributed by atoms with E-state index in [1.165, 1.54) is 0 Å². The van der Waals surface area contributed by atoms with E-state index in [1.54, 1.807) is 15.9 Å². The van der Waals surface area contributed by atoms with Crippen molar-refractivity contribution in [2.45, 2.75) is 0 Å². The van der Waals surface area contributed by atoms with Gasteiger partial charge >= 0.3 is 0 Å². The molecule has 0 atom stereocenters. The van der Waals surface area contributed by atoms with Crippen LogP contribution in [0.25, 0.3) is 168 Å². The van der Waals surface area contributed by atoms with E-state index in [9.17, 15) is 22.8 Å². The number of rotatable bonds is 5. The summed E-state index contributed by atoms with van der Waals surface area (Å²) >= 11 is 1.61. The Morgan fingerprint density at radius 1 is 0.415 bits per heavy atom. The lowest BCUT2D eigenvalue weighted by Gasteiger charge is -2.27. The number of para-hydroxylation sites is 6. The fraction of sp³-hybridized carbons (Fsp3) is 0. The number of aromatic nitrogens is 4. The molecule has 12 aromatic carbocycles. The molecular weight excluding hydrogens is 1020 g/mol. The average molecular weight is 1070 g/mol. The van der Waals surface area contributed by atoms with Gasteiger partial charge in [-0.25, -0.2) is 4.85 Å². The molecule has 0 aliphatic heterocycles. The van der Waals surface area contributed by atoms with Crippen LogP contribution in [0.4, 0.5) is 5.69 Å². The van der Waals surface area contributed by atoms with Gasteiger partial charge in [0.15, 0.2) is 5.58 Å². The van der Waals surface area contributed by atoms with Crippen LogP contribution in [0, 0.1) is 17.9 Å². The molecule has 0 aliphatic carbocycles. The first-order chi connectivity index (χ1) is 44.8. The van der Waals surface area contributed by atoms with Crippen LogP contribution in [0.2, 0.25) is 0 Å². The zero-order chi connectivity index (χ0) is 62.6. The molecule has 0 fully saturated rings. The van der Waals surface area contributed by atoms with Crippen molar-refractivity contribution in [3.05, 3.63) is 259 Å². The highest BCUT2D eigenvalue weighted by Gasteiger charge is 2.36. The average Bonchev–Trinajstić information content (AvgIpc) is 1.48. The number of fused-ring (bicyclic) bond motifs is 20. The van der Waals surface area contributed by atoms with Crippen LogP contribution < -0.4 is 0 Å². The maximum absolute atomic E-state index is 13.0. The van der Waals surface area contributed by atoms with Crippen molar-refractivity contribution in [3.8, 4) is 39.9 Å². The van der Waals surface area contributed by atoms with E-state index in [1.807, 2.05) is 143 Å². The summed E-state index contributed by atoms with van der Waals surface area (Å²) < 4.78 is 112. The highest BCUT2D eigenvalue weighted by Crippen LogP contribution is 2.54. The van der Waals surface area contributed by atoms with Crippen LogP contribution >= 0.6 is 11.3 Å². The smallest absolute Gasteiger partial charge is 0.237 e. The fourth-order valence-corrected chi connectivity index (χ4v) is 14.4. The predicted octanol–water partition coefficient (Wildman–Crippen LogP) is 20.4. The number of hydrogen-bond acceptors (Lipinski definition) is 3. The SMILES string of the molecule is [2H]c1c([2H])c([2H])c2c(oc3c2c([2H])c([2H])c2c4c([2H])c([2H])c([2H])c([2H])c4n(-c4c(-n5c6ccccc6c6ccccc65)c(C#N)c(-n5c6ccc(-c7ccccc7)cc6c6ccc7c8ccccc8sc7c65)c([N+]#[C-])c4-n4c5ccccc5c5ccccc54)c32)c1[2H]. The summed E-state index contributed by atoms with van der Waals surface area (Å²) in [6, 6.07) is 56.9. The van der Waals surface area contributed by atoms with Crippen LogP contribution in [0.5, 0.6) is 0 Å². The Morgan fingerprint density at radius 2 is 0.976 bits per heavy atom. The lowest BCUT2D eigenvalue weighted by atomic mass is 10.0. The number of thiophene rings is 1. The molecule has 0 unspecified atom stereocenters. The largest absolute Gasteiger partial charge is 0.454 e. The molecule has 378 valence electrons. The predicted molar refractivity (Wildman–Crippen MR) is 340 cm³/mol. The van der Waals surface area contributed by atoms with E-state index in [2.05, 4.69) is 59.2 Å². The van der Waals surface area contributed by atoms with Crippen molar-refractivity contribution < 1.29 is 18.1 Å². The second kappa shape index (κ2) is 16.7. The van der Waals surface area contributed by atoms with Crippen molar-refractivity contribution in [2.75, 3.05) is 0 Å². The second-order valence-electron chi connectivity index (χ2n) is 20.5. The summed E-state index contributed by atoms with van der Waals surface area (Å²) in [6.45, 7) is 10.1. The van der Waals surface area contributed by atoms with Crippen LogP contribution in [0.3, 0.4) is 0 Å². The van der Waals surface area contributed by atoms with Gasteiger partial charge in [-0.15, -0.1) is 11.3 Å². The minimum atomic E-state index is -0.642. The number of hydrogen-bond donors (Lipinski definition) is 0. The van der Waals surface area contributed by atoms with Gasteiger partial charge in [-0.3, -0.25) is 0 Å². The highest BCUT2D eigenvalue weighted by atomic mass is 32.1. The molecule has 0 spiro atoms. The van der Waals surface area contributed by atoms with Gasteiger partial charge < -0.3 is 22.7 Å². The summed E-state index contributed by atoms with van der Waals surface area (Å²) in [4.78, 5) is 4.73. The normalized spacial score (nSPS) is 13.8. The van der Waals surface area contributed by atoms with Crippen molar-refractivity contribution in [1.82, 2.24) is 18.3 Å². The third-order valence-corrected chi connectivity index (χ3v) is 17.7. The Kier molecular flexibility index (Phi) is 7.34. The van der Waals surface area contributed by atoms with Crippen LogP contribution in [0.15, 0.2) is 247 Å². The molecule has 0 bridgehead atoms. The maximum Gasteiger partial charge on any atom is 0.237 e. The molecule has 7 nitrogen and oxygen atoms in total. The third kappa shape index (κ3) is 5.84. The number of furan rings is 1. The van der Waals surface area contributed by atoms with Gasteiger partial charge in [0.2, 0.25) is 5.69 Å². The zero-order valence-corrected chi connectivity index (χ0v) is 43.6. The Balaban J connectivity index is 1.19. The molecule has 18 aromatic rings. The standard InChI is InChI=1S/C74H40N6OS/c1-76-66-67(79-63-40-35-44(43-19-3-2-4-20-43)41-56(63)53-37-39-55-51-27-11-18-34-65(51)82-74(55)70(53)79)57(42-75)68(77-58-28-12-5-21-45(58)46-22-6-13-29-59(46)77)72(71(66)78-60-30-14-7-23-47(60)48-24-8-15-31-61(48)78)80-62-32-16-9-25-49(62)52-36-38-54-50-26-10-17-33-64(50)81-73(54)69(52)80/h2-41H/i9D,10D,16D,17D,25D,26D,32D,33D,36D,38D. The van der Waals surface area contributed by atoms with E-state index in [0.717, 1.165) is 69.1 Å². The molecule has 6 heterocycles. The number of benzene rings is 12. The maximum atomic E-state index is 13.0. The Hall–Kier alpha value is -11.2. The summed E-state index contributed by atoms with van der Waals surface area (Å²) in [5.74, 6) is 0. The zero-order valence-electron chi connectivity index (χ0n) is 52.8. The molecule has 82 heavy (non-hydrogen) atoms. The van der Waals surface area contributed by atoms with Crippen molar-refractivity contribution in [1.29, 1.82) is 5.26 Å². The third-order valence-electron chi connectivity index (χ3n) is 16.5. The van der Waals surface area contributed by atoms with Gasteiger partial charge in [0.25, 0.3) is 0 Å². The first-order valence-corrected chi connectivity index (χ1v) is 27.4. The first kappa shape index (κ1) is 36.1. The lowest BCUT2D eigenvalue weighted by Crippen LogP contribution is -2.14. The number of nitrogens with zero attached hydrogens (tertiary/aromatic N) is 6. The molecule has 0 saturated carbocycles. The molecule has 8 heteroatoms. The Morgan fingerprint density at radius 3 is 1.66 bits per heavy atom. The second-order valence-corrected chi connectivity index (χ2v) is 21.5. The van der Waals surface area contributed by atoms with Crippen molar-refractivity contribution in [3.63, 3.8) is 0 Å².